The fourth-order valence-electron chi connectivity index (χ4n) is 1.58. The van der Waals surface area contributed by atoms with E-state index < -0.39 is 0 Å². The lowest BCUT2D eigenvalue weighted by Crippen LogP contribution is -2.49. The standard InChI is InChI=1S/C9H20N2O/c1-8-7-11(6-4-10-8)5-3-9(2)12/h8-10,12H,3-7H2,1-2H3/t8-,9?/m1/s1. The number of nitrogens with one attached hydrogen (secondary N) is 1. The van der Waals surface area contributed by atoms with Gasteiger partial charge < -0.3 is 15.3 Å². The van der Waals surface area contributed by atoms with Gasteiger partial charge in [-0.2, -0.15) is 0 Å². The summed E-state index contributed by atoms with van der Waals surface area (Å²) in [5, 5.41) is 12.5. The molecular formula is C9H20N2O. The molecule has 0 amide bonds. The van der Waals surface area contributed by atoms with Crippen molar-refractivity contribution in [3.63, 3.8) is 0 Å². The fraction of sp³-hybridized carbons (Fsp3) is 1.00. The summed E-state index contributed by atoms with van der Waals surface area (Å²) in [6.07, 6.45) is 0.738. The van der Waals surface area contributed by atoms with Crippen molar-refractivity contribution in [2.45, 2.75) is 32.4 Å². The first kappa shape index (κ1) is 9.96. The molecule has 0 aromatic rings. The molecule has 0 bridgehead atoms. The lowest BCUT2D eigenvalue weighted by atomic mass is 10.2. The molecule has 0 aliphatic carbocycles. The van der Waals surface area contributed by atoms with Crippen molar-refractivity contribution in [2.75, 3.05) is 26.2 Å². The molecule has 0 aromatic heterocycles. The monoisotopic (exact) mass is 172 g/mol. The molecule has 0 spiro atoms. The van der Waals surface area contributed by atoms with E-state index in [2.05, 4.69) is 17.1 Å². The SMILES string of the molecule is CC(O)CCN1CCN[C@H](C)C1. The number of piperazine rings is 1. The number of hydrogen-bond acceptors (Lipinski definition) is 3. The van der Waals surface area contributed by atoms with Crippen LogP contribution in [0.4, 0.5) is 0 Å². The molecular weight excluding hydrogens is 152 g/mol. The largest absolute Gasteiger partial charge is 0.393 e. The van der Waals surface area contributed by atoms with E-state index in [0.29, 0.717) is 6.04 Å². The molecule has 0 radical (unpaired) electrons. The highest BCUT2D eigenvalue weighted by Crippen LogP contribution is 2.00. The van der Waals surface area contributed by atoms with E-state index in [1.807, 2.05) is 6.92 Å². The minimum absolute atomic E-state index is 0.157. The van der Waals surface area contributed by atoms with Crippen LogP contribution >= 0.6 is 0 Å². The normalized spacial score (nSPS) is 28.8. The topological polar surface area (TPSA) is 35.5 Å². The Morgan fingerprint density at radius 2 is 2.42 bits per heavy atom. The summed E-state index contributed by atoms with van der Waals surface area (Å²) >= 11 is 0. The zero-order chi connectivity index (χ0) is 8.97. The molecule has 1 aliphatic heterocycles. The van der Waals surface area contributed by atoms with Crippen LogP contribution < -0.4 is 5.32 Å². The average Bonchev–Trinajstić information content (AvgIpc) is 2.01. The first-order valence-corrected chi connectivity index (χ1v) is 4.82. The van der Waals surface area contributed by atoms with E-state index in [1.54, 1.807) is 0 Å². The maximum atomic E-state index is 9.11. The van der Waals surface area contributed by atoms with Gasteiger partial charge in [-0.25, -0.2) is 0 Å². The summed E-state index contributed by atoms with van der Waals surface area (Å²) in [7, 11) is 0. The van der Waals surface area contributed by atoms with Crippen LogP contribution in [0.3, 0.4) is 0 Å². The molecule has 3 nitrogen and oxygen atoms in total. The zero-order valence-electron chi connectivity index (χ0n) is 8.08. The fourth-order valence-corrected chi connectivity index (χ4v) is 1.58. The highest BCUT2D eigenvalue weighted by atomic mass is 16.3. The van der Waals surface area contributed by atoms with Gasteiger partial charge in [-0.05, 0) is 20.3 Å². The quantitative estimate of drug-likeness (QED) is 0.631. The van der Waals surface area contributed by atoms with Gasteiger partial charge in [-0.1, -0.05) is 0 Å². The Bertz CT molecular complexity index is 128. The molecule has 1 heterocycles. The van der Waals surface area contributed by atoms with Crippen LogP contribution in [0.5, 0.6) is 0 Å². The van der Waals surface area contributed by atoms with Crippen LogP contribution in [0.1, 0.15) is 20.3 Å². The van der Waals surface area contributed by atoms with Crippen LogP contribution in [0.15, 0.2) is 0 Å². The molecule has 2 N–H and O–H groups in total. The van der Waals surface area contributed by atoms with Crippen molar-refractivity contribution in [1.29, 1.82) is 0 Å². The van der Waals surface area contributed by atoms with Crippen molar-refractivity contribution in [3.05, 3.63) is 0 Å². The van der Waals surface area contributed by atoms with Gasteiger partial charge in [-0.15, -0.1) is 0 Å². The van der Waals surface area contributed by atoms with Gasteiger partial charge in [0.25, 0.3) is 0 Å². The average molecular weight is 172 g/mol. The second-order valence-corrected chi connectivity index (χ2v) is 3.79. The number of rotatable bonds is 3. The summed E-state index contributed by atoms with van der Waals surface area (Å²) in [6.45, 7) is 8.41. The minimum Gasteiger partial charge on any atom is -0.393 e. The molecule has 1 saturated heterocycles. The van der Waals surface area contributed by atoms with Crippen molar-refractivity contribution < 1.29 is 5.11 Å². The Kier molecular flexibility index (Phi) is 3.98. The predicted molar refractivity (Wildman–Crippen MR) is 50.2 cm³/mol. The highest BCUT2D eigenvalue weighted by molar-refractivity contribution is 4.74. The van der Waals surface area contributed by atoms with E-state index in [9.17, 15) is 0 Å². The zero-order valence-corrected chi connectivity index (χ0v) is 8.08. The number of nitrogens with zero attached hydrogens (tertiary/aromatic N) is 1. The van der Waals surface area contributed by atoms with Crippen molar-refractivity contribution in [2.24, 2.45) is 0 Å². The smallest absolute Gasteiger partial charge is 0.0524 e. The summed E-state index contributed by atoms with van der Waals surface area (Å²) in [5.74, 6) is 0. The first-order valence-electron chi connectivity index (χ1n) is 4.82. The van der Waals surface area contributed by atoms with E-state index >= 15 is 0 Å². The number of aliphatic hydroxyl groups is 1. The molecule has 1 unspecified atom stereocenters. The second-order valence-electron chi connectivity index (χ2n) is 3.79. The van der Waals surface area contributed by atoms with E-state index in [-0.39, 0.29) is 6.10 Å². The Morgan fingerprint density at radius 3 is 3.00 bits per heavy atom. The number of hydrogen-bond donors (Lipinski definition) is 2. The van der Waals surface area contributed by atoms with Gasteiger partial charge in [0.05, 0.1) is 6.10 Å². The van der Waals surface area contributed by atoms with Gasteiger partial charge in [0.1, 0.15) is 0 Å². The highest BCUT2D eigenvalue weighted by Gasteiger charge is 2.14. The van der Waals surface area contributed by atoms with Gasteiger partial charge >= 0.3 is 0 Å². The third-order valence-electron chi connectivity index (χ3n) is 2.32. The molecule has 0 saturated carbocycles. The van der Waals surface area contributed by atoms with Crippen molar-refractivity contribution >= 4 is 0 Å². The maximum absolute atomic E-state index is 9.11. The third kappa shape index (κ3) is 3.52. The Hall–Kier alpha value is -0.120. The number of aliphatic hydroxyl groups excluding tert-OH is 1. The van der Waals surface area contributed by atoms with Crippen LogP contribution in [-0.4, -0.2) is 48.3 Å². The van der Waals surface area contributed by atoms with Gasteiger partial charge in [0, 0.05) is 32.2 Å². The summed E-state index contributed by atoms with van der Waals surface area (Å²) in [4.78, 5) is 2.41. The molecule has 72 valence electrons. The maximum Gasteiger partial charge on any atom is 0.0524 e. The van der Waals surface area contributed by atoms with Crippen molar-refractivity contribution in [3.8, 4) is 0 Å². The summed E-state index contributed by atoms with van der Waals surface area (Å²) in [6, 6.07) is 0.604. The summed E-state index contributed by atoms with van der Waals surface area (Å²) < 4.78 is 0. The van der Waals surface area contributed by atoms with E-state index in [0.717, 1.165) is 32.6 Å². The molecule has 3 heteroatoms. The molecule has 1 aliphatic rings. The molecule has 1 rings (SSSR count). The van der Waals surface area contributed by atoms with Gasteiger partial charge in [0.15, 0.2) is 0 Å². The van der Waals surface area contributed by atoms with Crippen LogP contribution in [0.25, 0.3) is 0 Å². The Balaban J connectivity index is 2.14. The lowest BCUT2D eigenvalue weighted by molar-refractivity contribution is 0.141. The van der Waals surface area contributed by atoms with E-state index in [1.165, 1.54) is 0 Å². The van der Waals surface area contributed by atoms with Gasteiger partial charge in [0.2, 0.25) is 0 Å². The Morgan fingerprint density at radius 1 is 1.67 bits per heavy atom. The van der Waals surface area contributed by atoms with Crippen molar-refractivity contribution in [1.82, 2.24) is 10.2 Å². The Labute approximate surface area is 74.8 Å². The summed E-state index contributed by atoms with van der Waals surface area (Å²) in [5.41, 5.74) is 0. The molecule has 1 fully saturated rings. The third-order valence-corrected chi connectivity index (χ3v) is 2.32. The van der Waals surface area contributed by atoms with Crippen LogP contribution in [0, 0.1) is 0 Å². The molecule has 2 atom stereocenters. The van der Waals surface area contributed by atoms with Gasteiger partial charge in [-0.3, -0.25) is 0 Å². The molecule has 12 heavy (non-hydrogen) atoms. The van der Waals surface area contributed by atoms with Crippen LogP contribution in [0.2, 0.25) is 0 Å². The van der Waals surface area contributed by atoms with E-state index in [4.69, 9.17) is 5.11 Å². The molecule has 0 aromatic carbocycles. The predicted octanol–water partition coefficient (Wildman–Crippen LogP) is 0.0510. The van der Waals surface area contributed by atoms with Crippen LogP contribution in [-0.2, 0) is 0 Å². The lowest BCUT2D eigenvalue weighted by Gasteiger charge is -2.32. The minimum atomic E-state index is -0.157. The first-order chi connectivity index (χ1) is 5.68. The second kappa shape index (κ2) is 4.80.